The van der Waals surface area contributed by atoms with Crippen molar-refractivity contribution in [1.29, 1.82) is 0 Å². The van der Waals surface area contributed by atoms with Crippen molar-refractivity contribution in [3.63, 3.8) is 0 Å². The third kappa shape index (κ3) is 4.77. The van der Waals surface area contributed by atoms with Gasteiger partial charge in [-0.25, -0.2) is 4.98 Å². The Kier molecular flexibility index (Phi) is 5.74. The van der Waals surface area contributed by atoms with E-state index in [-0.39, 0.29) is 6.42 Å². The molecule has 1 atom stereocenters. The molecule has 1 unspecified atom stereocenters. The van der Waals surface area contributed by atoms with Gasteiger partial charge in [-0.3, -0.25) is 4.79 Å². The van der Waals surface area contributed by atoms with Crippen molar-refractivity contribution in [2.75, 3.05) is 12.4 Å². The summed E-state index contributed by atoms with van der Waals surface area (Å²) in [5, 5.41) is 13.2. The molecule has 5 nitrogen and oxygen atoms in total. The van der Waals surface area contributed by atoms with Crippen molar-refractivity contribution < 1.29 is 14.6 Å². The number of carbonyl (C=O) groups excluding carboxylic acids is 1. The number of halogens is 1. The molecular weight excluding hydrogens is 360 g/mol. The lowest BCUT2D eigenvalue weighted by Crippen LogP contribution is -2.40. The largest absolute Gasteiger partial charge is 0.496 e. The van der Waals surface area contributed by atoms with E-state index in [9.17, 15) is 9.90 Å². The van der Waals surface area contributed by atoms with Gasteiger partial charge in [0.15, 0.2) is 0 Å². The molecule has 0 fully saturated rings. The average molecular weight is 379 g/mol. The SMILES string of the molecule is COc1ccccc1CCC(C)(O)C(=O)Nc1ccnc(Br)c1. The summed E-state index contributed by atoms with van der Waals surface area (Å²) < 4.78 is 5.90. The quantitative estimate of drug-likeness (QED) is 0.757. The first-order valence-corrected chi connectivity index (χ1v) is 7.99. The molecule has 6 heteroatoms. The van der Waals surface area contributed by atoms with Gasteiger partial charge in [-0.15, -0.1) is 0 Å². The Bertz CT molecular complexity index is 689. The summed E-state index contributed by atoms with van der Waals surface area (Å²) in [5.41, 5.74) is 0.0422. The van der Waals surface area contributed by atoms with Crippen molar-refractivity contribution in [3.8, 4) is 5.75 Å². The number of benzene rings is 1. The fraction of sp³-hybridized carbons (Fsp3) is 0.294. The highest BCUT2D eigenvalue weighted by molar-refractivity contribution is 9.10. The first kappa shape index (κ1) is 17.4. The van der Waals surface area contributed by atoms with E-state index in [4.69, 9.17) is 4.74 Å². The van der Waals surface area contributed by atoms with Gasteiger partial charge in [0.25, 0.3) is 5.91 Å². The van der Waals surface area contributed by atoms with Gasteiger partial charge in [-0.1, -0.05) is 18.2 Å². The number of para-hydroxylation sites is 1. The minimum Gasteiger partial charge on any atom is -0.496 e. The lowest BCUT2D eigenvalue weighted by Gasteiger charge is -2.22. The summed E-state index contributed by atoms with van der Waals surface area (Å²) in [6, 6.07) is 10.9. The van der Waals surface area contributed by atoms with Crippen LogP contribution in [0.1, 0.15) is 18.9 Å². The third-order valence-corrected chi connectivity index (χ3v) is 3.98. The van der Waals surface area contributed by atoms with E-state index < -0.39 is 11.5 Å². The van der Waals surface area contributed by atoms with Crippen LogP contribution in [0.2, 0.25) is 0 Å². The highest BCUT2D eigenvalue weighted by atomic mass is 79.9. The van der Waals surface area contributed by atoms with Gasteiger partial charge in [0.05, 0.1) is 7.11 Å². The van der Waals surface area contributed by atoms with Crippen LogP contribution in [0.15, 0.2) is 47.2 Å². The van der Waals surface area contributed by atoms with E-state index in [0.717, 1.165) is 11.3 Å². The Labute approximate surface area is 143 Å². The fourth-order valence-electron chi connectivity index (χ4n) is 2.15. The van der Waals surface area contributed by atoms with Crippen molar-refractivity contribution in [2.45, 2.75) is 25.4 Å². The predicted molar refractivity (Wildman–Crippen MR) is 92.5 cm³/mol. The molecule has 0 aliphatic carbocycles. The monoisotopic (exact) mass is 378 g/mol. The minimum atomic E-state index is -1.49. The summed E-state index contributed by atoms with van der Waals surface area (Å²) in [4.78, 5) is 16.3. The number of rotatable bonds is 6. The average Bonchev–Trinajstić information content (AvgIpc) is 2.53. The molecule has 1 aromatic carbocycles. The Morgan fingerprint density at radius 2 is 2.13 bits per heavy atom. The molecule has 0 aliphatic heterocycles. The van der Waals surface area contributed by atoms with E-state index in [1.165, 1.54) is 6.92 Å². The van der Waals surface area contributed by atoms with Gasteiger partial charge in [0, 0.05) is 11.9 Å². The molecule has 23 heavy (non-hydrogen) atoms. The normalized spacial score (nSPS) is 13.2. The van der Waals surface area contributed by atoms with Crippen molar-refractivity contribution in [2.24, 2.45) is 0 Å². The second kappa shape index (κ2) is 7.57. The molecule has 1 amide bonds. The molecule has 2 N–H and O–H groups in total. The van der Waals surface area contributed by atoms with E-state index >= 15 is 0 Å². The molecule has 1 heterocycles. The van der Waals surface area contributed by atoms with Crippen molar-refractivity contribution in [3.05, 3.63) is 52.8 Å². The van der Waals surface area contributed by atoms with Crippen LogP contribution in [0.25, 0.3) is 0 Å². The highest BCUT2D eigenvalue weighted by Gasteiger charge is 2.30. The number of nitrogens with one attached hydrogen (secondary N) is 1. The molecule has 1 aromatic heterocycles. The first-order chi connectivity index (χ1) is 10.9. The molecule has 122 valence electrons. The molecule has 0 saturated heterocycles. The summed E-state index contributed by atoms with van der Waals surface area (Å²) in [6.45, 7) is 1.51. The van der Waals surface area contributed by atoms with Crippen LogP contribution in [-0.2, 0) is 11.2 Å². The number of aromatic nitrogens is 1. The van der Waals surface area contributed by atoms with Gasteiger partial charge >= 0.3 is 0 Å². The Hall–Kier alpha value is -1.92. The molecule has 0 saturated carbocycles. The Morgan fingerprint density at radius 1 is 1.39 bits per heavy atom. The molecular formula is C17H19BrN2O3. The number of methoxy groups -OCH3 is 1. The van der Waals surface area contributed by atoms with Crippen LogP contribution < -0.4 is 10.1 Å². The molecule has 2 aromatic rings. The van der Waals surface area contributed by atoms with Crippen molar-refractivity contribution in [1.82, 2.24) is 4.98 Å². The second-order valence-electron chi connectivity index (χ2n) is 5.41. The number of amides is 1. The lowest BCUT2D eigenvalue weighted by molar-refractivity contribution is -0.132. The van der Waals surface area contributed by atoms with E-state index in [2.05, 4.69) is 26.2 Å². The lowest BCUT2D eigenvalue weighted by atomic mass is 9.95. The number of aliphatic hydroxyl groups is 1. The van der Waals surface area contributed by atoms with Crippen LogP contribution in [0.3, 0.4) is 0 Å². The molecule has 0 radical (unpaired) electrons. The molecule has 0 bridgehead atoms. The first-order valence-electron chi connectivity index (χ1n) is 7.19. The van der Waals surface area contributed by atoms with Crippen LogP contribution in [0.5, 0.6) is 5.75 Å². The van der Waals surface area contributed by atoms with Gasteiger partial charge in [0.1, 0.15) is 16.0 Å². The second-order valence-corrected chi connectivity index (χ2v) is 6.22. The van der Waals surface area contributed by atoms with Gasteiger partial charge in [-0.2, -0.15) is 0 Å². The van der Waals surface area contributed by atoms with Crippen molar-refractivity contribution >= 4 is 27.5 Å². The fourth-order valence-corrected chi connectivity index (χ4v) is 2.51. The topological polar surface area (TPSA) is 71.5 Å². The Balaban J connectivity index is 2.01. The third-order valence-electron chi connectivity index (χ3n) is 3.55. The summed E-state index contributed by atoms with van der Waals surface area (Å²) in [5.74, 6) is 0.298. The number of ether oxygens (including phenoxy) is 1. The number of carbonyl (C=O) groups is 1. The van der Waals surface area contributed by atoms with E-state index in [0.29, 0.717) is 16.7 Å². The summed E-state index contributed by atoms with van der Waals surface area (Å²) in [6.07, 6.45) is 2.39. The smallest absolute Gasteiger partial charge is 0.256 e. The van der Waals surface area contributed by atoms with Gasteiger partial charge < -0.3 is 15.2 Å². The summed E-state index contributed by atoms with van der Waals surface area (Å²) in [7, 11) is 1.60. The number of anilines is 1. The number of hydrogen-bond acceptors (Lipinski definition) is 4. The maximum atomic E-state index is 12.3. The molecule has 2 rings (SSSR count). The minimum absolute atomic E-state index is 0.283. The van der Waals surface area contributed by atoms with E-state index in [1.54, 1.807) is 25.4 Å². The predicted octanol–water partition coefficient (Wildman–Crippen LogP) is 3.18. The van der Waals surface area contributed by atoms with Gasteiger partial charge in [0.2, 0.25) is 0 Å². The zero-order chi connectivity index (χ0) is 16.9. The standard InChI is InChI=1S/C17H19BrN2O3/c1-17(22,9-7-12-5-3-4-6-14(12)23-2)16(21)20-13-8-10-19-15(18)11-13/h3-6,8,10-11,22H,7,9H2,1-2H3,(H,19,20,21). The Morgan fingerprint density at radius 3 is 2.83 bits per heavy atom. The number of hydrogen-bond donors (Lipinski definition) is 2. The number of pyridine rings is 1. The van der Waals surface area contributed by atoms with Crippen LogP contribution in [0.4, 0.5) is 5.69 Å². The van der Waals surface area contributed by atoms with Crippen LogP contribution in [0, 0.1) is 0 Å². The maximum absolute atomic E-state index is 12.3. The number of aryl methyl sites for hydroxylation is 1. The maximum Gasteiger partial charge on any atom is 0.256 e. The summed E-state index contributed by atoms with van der Waals surface area (Å²) >= 11 is 3.24. The van der Waals surface area contributed by atoms with Crippen LogP contribution >= 0.6 is 15.9 Å². The number of nitrogens with zero attached hydrogens (tertiary/aromatic N) is 1. The zero-order valence-electron chi connectivity index (χ0n) is 13.0. The van der Waals surface area contributed by atoms with Gasteiger partial charge in [-0.05, 0) is 59.5 Å². The molecule has 0 spiro atoms. The molecule has 0 aliphatic rings. The van der Waals surface area contributed by atoms with E-state index in [1.807, 2.05) is 24.3 Å². The zero-order valence-corrected chi connectivity index (χ0v) is 14.6. The van der Waals surface area contributed by atoms with Crippen LogP contribution in [-0.4, -0.2) is 28.7 Å². The highest BCUT2D eigenvalue weighted by Crippen LogP contribution is 2.23.